The maximum absolute atomic E-state index is 13.9. The van der Waals surface area contributed by atoms with Gasteiger partial charge in [-0.05, 0) is 79.6 Å². The number of aromatic amines is 1. The Kier molecular flexibility index (Phi) is 11.0. The lowest BCUT2D eigenvalue weighted by Crippen LogP contribution is -2.55. The number of hydrogen-bond donors (Lipinski definition) is 5. The number of aryl methyl sites for hydroxylation is 1. The molecule has 0 bridgehead atoms. The van der Waals surface area contributed by atoms with Crippen molar-refractivity contribution >= 4 is 23.2 Å². The highest BCUT2D eigenvalue weighted by Gasteiger charge is 2.39. The summed E-state index contributed by atoms with van der Waals surface area (Å²) in [6.45, 7) is 3.56. The highest BCUT2D eigenvalue weighted by Crippen LogP contribution is 2.41. The summed E-state index contributed by atoms with van der Waals surface area (Å²) in [5.74, 6) is 0.284. The van der Waals surface area contributed by atoms with Crippen LogP contribution in [-0.4, -0.2) is 81.6 Å². The number of hydrogen-bond acceptors (Lipinski definition) is 10. The Morgan fingerprint density at radius 3 is 2.20 bits per heavy atom. The molecule has 4 heterocycles. The second-order valence-corrected chi connectivity index (χ2v) is 15.6. The molecular formula is C43H50N6O7. The third-order valence-corrected chi connectivity index (χ3v) is 11.7. The number of nitrogens with zero attached hydrogens (tertiary/aromatic N) is 3. The summed E-state index contributed by atoms with van der Waals surface area (Å²) in [5.41, 5.74) is 5.19. The van der Waals surface area contributed by atoms with Crippen LogP contribution in [0.5, 0.6) is 11.5 Å². The van der Waals surface area contributed by atoms with Crippen LogP contribution in [0.15, 0.2) is 83.9 Å². The normalized spacial score (nSPS) is 25.9. The van der Waals surface area contributed by atoms with Gasteiger partial charge in [0.15, 0.2) is 12.2 Å². The molecule has 294 valence electrons. The number of H-pyrrole nitrogens is 1. The number of anilines is 2. The highest BCUT2D eigenvalue weighted by molar-refractivity contribution is 5.84. The monoisotopic (exact) mass is 762 g/mol. The number of fused-ring (bicyclic) bond motifs is 2. The summed E-state index contributed by atoms with van der Waals surface area (Å²) in [6.07, 6.45) is 5.79. The zero-order valence-corrected chi connectivity index (χ0v) is 31.6. The van der Waals surface area contributed by atoms with Crippen molar-refractivity contribution in [3.05, 3.63) is 112 Å². The number of para-hydroxylation sites is 2. The molecule has 7 atom stereocenters. The van der Waals surface area contributed by atoms with Gasteiger partial charge in [0.05, 0.1) is 48.8 Å². The molecule has 5 N–H and O–H groups in total. The lowest BCUT2D eigenvalue weighted by Gasteiger charge is -2.40. The van der Waals surface area contributed by atoms with Crippen LogP contribution >= 0.6 is 0 Å². The lowest BCUT2D eigenvalue weighted by atomic mass is 9.78. The Balaban J connectivity index is 0.983. The topological polar surface area (TPSA) is 169 Å². The average Bonchev–Trinajstić information content (AvgIpc) is 3.21. The van der Waals surface area contributed by atoms with Crippen molar-refractivity contribution in [1.82, 2.24) is 20.6 Å². The second kappa shape index (κ2) is 16.4. The van der Waals surface area contributed by atoms with Crippen LogP contribution < -0.4 is 35.5 Å². The molecule has 4 aromatic rings. The zero-order chi connectivity index (χ0) is 38.8. The maximum Gasteiger partial charge on any atom is 0.263 e. The van der Waals surface area contributed by atoms with Crippen LogP contribution in [0.1, 0.15) is 73.2 Å². The summed E-state index contributed by atoms with van der Waals surface area (Å²) in [5, 5.41) is 28.6. The van der Waals surface area contributed by atoms with E-state index >= 15 is 0 Å². The van der Waals surface area contributed by atoms with Crippen LogP contribution in [0.4, 0.5) is 11.4 Å². The van der Waals surface area contributed by atoms with Gasteiger partial charge in [0.2, 0.25) is 5.56 Å². The zero-order valence-electron chi connectivity index (χ0n) is 31.6. The SMILES string of the molecule is Cc1ccc(CN2CC(C(=O)NC3CCCC(c4ccc5c(c4)OC(C(=O)NC4CCCCC4O)CN5Cc4ccc(=O)[nH]c4)C3O)Oc3ccccc32)cn1. The summed E-state index contributed by atoms with van der Waals surface area (Å²) in [7, 11) is 0. The van der Waals surface area contributed by atoms with E-state index in [0.717, 1.165) is 53.0 Å². The number of pyridine rings is 2. The molecule has 7 unspecified atom stereocenters. The minimum absolute atomic E-state index is 0.195. The first kappa shape index (κ1) is 37.5. The third kappa shape index (κ3) is 8.24. The Morgan fingerprint density at radius 1 is 0.786 bits per heavy atom. The van der Waals surface area contributed by atoms with Crippen molar-refractivity contribution in [2.75, 3.05) is 22.9 Å². The molecule has 2 amide bonds. The molecule has 0 spiro atoms. The molecule has 2 saturated carbocycles. The summed E-state index contributed by atoms with van der Waals surface area (Å²) >= 11 is 0. The Morgan fingerprint density at radius 2 is 1.46 bits per heavy atom. The number of aliphatic hydroxyl groups excluding tert-OH is 2. The van der Waals surface area contributed by atoms with Crippen molar-refractivity contribution in [2.24, 2.45) is 0 Å². The van der Waals surface area contributed by atoms with Gasteiger partial charge < -0.3 is 45.1 Å². The van der Waals surface area contributed by atoms with Gasteiger partial charge in [0, 0.05) is 43.2 Å². The van der Waals surface area contributed by atoms with E-state index in [1.165, 1.54) is 6.07 Å². The number of carbonyl (C=O) groups excluding carboxylic acids is 2. The number of rotatable bonds is 9. The standard InChI is InChI=1S/C43H50N6O7/c1-26-13-14-27(20-44-26)22-48-24-38(55-36-12-5-3-10-33(36)48)43(54)47-32-9-6-7-30(41(32)52)29-16-17-34-37(19-29)56-39(42(53)46-31-8-2-4-11-35(31)50)25-49(34)23-28-15-18-40(51)45-21-28/h3,5,10,12-21,30-32,35,38-39,41,50,52H,2,4,6-9,11,22-25H2,1H3,(H,45,51)(H,46,53)(H,47,54). The molecular weight excluding hydrogens is 713 g/mol. The number of nitrogens with one attached hydrogen (secondary N) is 3. The van der Waals surface area contributed by atoms with Gasteiger partial charge in [-0.25, -0.2) is 0 Å². The molecule has 56 heavy (non-hydrogen) atoms. The minimum atomic E-state index is -0.871. The average molecular weight is 763 g/mol. The molecule has 2 aliphatic carbocycles. The largest absolute Gasteiger partial charge is 0.477 e. The number of amides is 2. The van der Waals surface area contributed by atoms with E-state index in [9.17, 15) is 24.6 Å². The molecule has 13 heteroatoms. The molecule has 2 aromatic heterocycles. The molecule has 2 aliphatic heterocycles. The van der Waals surface area contributed by atoms with E-state index in [4.69, 9.17) is 9.47 Å². The maximum atomic E-state index is 13.9. The molecule has 13 nitrogen and oxygen atoms in total. The van der Waals surface area contributed by atoms with Gasteiger partial charge in [0.25, 0.3) is 11.8 Å². The molecule has 4 aliphatic rings. The Labute approximate surface area is 326 Å². The first-order valence-corrected chi connectivity index (χ1v) is 19.8. The van der Waals surface area contributed by atoms with Crippen LogP contribution in [-0.2, 0) is 22.7 Å². The van der Waals surface area contributed by atoms with E-state index in [1.807, 2.05) is 67.7 Å². The lowest BCUT2D eigenvalue weighted by molar-refractivity contribution is -0.130. The summed E-state index contributed by atoms with van der Waals surface area (Å²) in [6, 6.07) is 20.0. The number of ether oxygens (including phenoxy) is 2. The van der Waals surface area contributed by atoms with E-state index in [2.05, 4.69) is 30.4 Å². The van der Waals surface area contributed by atoms with Gasteiger partial charge in [0.1, 0.15) is 11.5 Å². The van der Waals surface area contributed by atoms with Gasteiger partial charge in [-0.1, -0.05) is 49.6 Å². The third-order valence-electron chi connectivity index (χ3n) is 11.7. The van der Waals surface area contributed by atoms with Crippen LogP contribution in [0, 0.1) is 6.92 Å². The van der Waals surface area contributed by atoms with E-state index in [0.29, 0.717) is 56.8 Å². The van der Waals surface area contributed by atoms with E-state index < -0.39 is 30.5 Å². The van der Waals surface area contributed by atoms with Crippen molar-refractivity contribution in [1.29, 1.82) is 0 Å². The van der Waals surface area contributed by atoms with Crippen molar-refractivity contribution in [3.8, 4) is 11.5 Å². The van der Waals surface area contributed by atoms with Gasteiger partial charge in [-0.2, -0.15) is 0 Å². The first-order chi connectivity index (χ1) is 27.2. The molecule has 2 aromatic carbocycles. The predicted molar refractivity (Wildman–Crippen MR) is 211 cm³/mol. The number of benzene rings is 2. The molecule has 2 fully saturated rings. The number of aromatic nitrogens is 2. The van der Waals surface area contributed by atoms with Gasteiger partial charge >= 0.3 is 0 Å². The Hall–Kier alpha value is -5.40. The van der Waals surface area contributed by atoms with E-state index in [-0.39, 0.29) is 35.9 Å². The first-order valence-electron chi connectivity index (χ1n) is 19.8. The summed E-state index contributed by atoms with van der Waals surface area (Å²) < 4.78 is 12.6. The van der Waals surface area contributed by atoms with Crippen LogP contribution in [0.3, 0.4) is 0 Å². The fraction of sp³-hybridized carbons (Fsp3) is 0.442. The highest BCUT2D eigenvalue weighted by atomic mass is 16.5. The van der Waals surface area contributed by atoms with Gasteiger partial charge in [-0.15, -0.1) is 0 Å². The van der Waals surface area contributed by atoms with Crippen LogP contribution in [0.2, 0.25) is 0 Å². The van der Waals surface area contributed by atoms with Crippen LogP contribution in [0.25, 0.3) is 0 Å². The summed E-state index contributed by atoms with van der Waals surface area (Å²) in [4.78, 5) is 50.7. The van der Waals surface area contributed by atoms with E-state index in [1.54, 1.807) is 12.3 Å². The predicted octanol–water partition coefficient (Wildman–Crippen LogP) is 3.85. The molecule has 8 rings (SSSR count). The smallest absolute Gasteiger partial charge is 0.263 e. The second-order valence-electron chi connectivity index (χ2n) is 15.6. The number of aliphatic hydroxyl groups is 2. The Bertz CT molecular complexity index is 2070. The number of carbonyl (C=O) groups is 2. The quantitative estimate of drug-likeness (QED) is 0.169. The molecule has 0 radical (unpaired) electrons. The van der Waals surface area contributed by atoms with Gasteiger partial charge in [-0.3, -0.25) is 19.4 Å². The minimum Gasteiger partial charge on any atom is -0.477 e. The fourth-order valence-electron chi connectivity index (χ4n) is 8.59. The molecule has 0 saturated heterocycles. The van der Waals surface area contributed by atoms with Crippen molar-refractivity contribution in [2.45, 2.75) is 107 Å². The van der Waals surface area contributed by atoms with Crippen molar-refractivity contribution in [3.63, 3.8) is 0 Å². The van der Waals surface area contributed by atoms with Crippen molar-refractivity contribution < 1.29 is 29.3 Å². The fourth-order valence-corrected chi connectivity index (χ4v) is 8.59.